The summed E-state index contributed by atoms with van der Waals surface area (Å²) in [6, 6.07) is 7.89. The van der Waals surface area contributed by atoms with Crippen molar-refractivity contribution < 1.29 is 4.79 Å². The third-order valence-electron chi connectivity index (χ3n) is 5.49. The van der Waals surface area contributed by atoms with Crippen LogP contribution in [0.15, 0.2) is 46.5 Å². The fraction of sp³-hybridized carbons (Fsp3) is 0.364. The molecule has 1 aliphatic heterocycles. The van der Waals surface area contributed by atoms with Crippen molar-refractivity contribution in [1.82, 2.24) is 25.6 Å². The summed E-state index contributed by atoms with van der Waals surface area (Å²) in [7, 11) is 0. The van der Waals surface area contributed by atoms with Gasteiger partial charge in [-0.05, 0) is 17.7 Å². The number of urea groups is 1. The number of anilines is 2. The summed E-state index contributed by atoms with van der Waals surface area (Å²) < 4.78 is 1.04. The van der Waals surface area contributed by atoms with Gasteiger partial charge >= 0.3 is 6.03 Å². The number of nitrogens with zero attached hydrogens (tertiary/aromatic N) is 4. The van der Waals surface area contributed by atoms with Gasteiger partial charge in [-0.1, -0.05) is 41.9 Å². The Hall–Kier alpha value is -2.56. The average Bonchev–Trinajstić information content (AvgIpc) is 3.28. The number of carbonyl (C=O) groups excluding carboxylic acids is 1. The molecule has 3 heterocycles. The second-order valence-corrected chi connectivity index (χ2v) is 9.85. The number of thiazole rings is 1. The van der Waals surface area contributed by atoms with Crippen LogP contribution in [-0.4, -0.2) is 47.2 Å². The van der Waals surface area contributed by atoms with E-state index in [9.17, 15) is 4.79 Å². The lowest BCUT2D eigenvalue weighted by molar-refractivity contribution is 0.251. The van der Waals surface area contributed by atoms with Crippen LogP contribution in [0.1, 0.15) is 30.8 Å². The molecular weight excluding hydrogens is 490 g/mol. The van der Waals surface area contributed by atoms with E-state index in [1.807, 2.05) is 17.5 Å². The van der Waals surface area contributed by atoms with Crippen LogP contribution >= 0.6 is 27.3 Å². The zero-order valence-corrected chi connectivity index (χ0v) is 20.5. The number of hydrogen-bond acceptors (Lipinski definition) is 7. The maximum absolute atomic E-state index is 12.3. The fourth-order valence-electron chi connectivity index (χ4n) is 3.44. The highest BCUT2D eigenvalue weighted by Gasteiger charge is 2.26. The van der Waals surface area contributed by atoms with E-state index in [1.165, 1.54) is 11.3 Å². The lowest BCUT2D eigenvalue weighted by Gasteiger charge is -2.28. The van der Waals surface area contributed by atoms with Gasteiger partial charge in [0.15, 0.2) is 5.13 Å². The quantitative estimate of drug-likeness (QED) is 0.462. The molecule has 10 heteroatoms. The number of rotatable bonds is 6. The number of piperazine rings is 1. The molecule has 0 aliphatic carbocycles. The standard InChI is InChI=1S/C22H26BrN7OS/c1-22(2,15-3-5-16(23)6-4-15)18-14-32-21(28-18)29-20(31)27-12-17-11-26-19(13-25-17)30-9-7-24-8-10-30/h3-6,11,13-14,24H,7-10,12H2,1-2H3,(H2,27,28,29,31). The van der Waals surface area contributed by atoms with E-state index in [0.717, 1.165) is 47.7 Å². The number of benzene rings is 1. The molecular formula is C22H26BrN7OS. The Balaban J connectivity index is 1.31. The van der Waals surface area contributed by atoms with Gasteiger partial charge in [-0.25, -0.2) is 14.8 Å². The average molecular weight is 516 g/mol. The minimum atomic E-state index is -0.319. The highest BCUT2D eigenvalue weighted by atomic mass is 79.9. The van der Waals surface area contributed by atoms with Crippen LogP contribution in [0.5, 0.6) is 0 Å². The molecule has 0 atom stereocenters. The van der Waals surface area contributed by atoms with Crippen molar-refractivity contribution in [2.45, 2.75) is 25.8 Å². The van der Waals surface area contributed by atoms with Crippen molar-refractivity contribution in [3.8, 4) is 0 Å². The number of hydrogen-bond donors (Lipinski definition) is 3. The molecule has 0 spiro atoms. The van der Waals surface area contributed by atoms with Crippen LogP contribution in [0.2, 0.25) is 0 Å². The molecule has 8 nitrogen and oxygen atoms in total. The Kier molecular flexibility index (Phi) is 7.02. The fourth-order valence-corrected chi connectivity index (χ4v) is 4.58. The van der Waals surface area contributed by atoms with Gasteiger partial charge in [0, 0.05) is 41.4 Å². The van der Waals surface area contributed by atoms with Crippen molar-refractivity contribution in [1.29, 1.82) is 0 Å². The van der Waals surface area contributed by atoms with E-state index in [4.69, 9.17) is 0 Å². The van der Waals surface area contributed by atoms with Crippen molar-refractivity contribution in [2.24, 2.45) is 0 Å². The molecule has 32 heavy (non-hydrogen) atoms. The van der Waals surface area contributed by atoms with Crippen molar-refractivity contribution in [3.63, 3.8) is 0 Å². The Morgan fingerprint density at radius 2 is 1.94 bits per heavy atom. The molecule has 1 aliphatic rings. The zero-order chi connectivity index (χ0) is 22.6. The van der Waals surface area contributed by atoms with Gasteiger partial charge < -0.3 is 15.5 Å². The molecule has 4 rings (SSSR count). The highest BCUT2D eigenvalue weighted by Crippen LogP contribution is 2.34. The van der Waals surface area contributed by atoms with Crippen LogP contribution in [0, 0.1) is 0 Å². The summed E-state index contributed by atoms with van der Waals surface area (Å²) in [5.41, 5.74) is 2.50. The van der Waals surface area contributed by atoms with E-state index < -0.39 is 0 Å². The first-order valence-corrected chi connectivity index (χ1v) is 12.1. The first-order chi connectivity index (χ1) is 15.4. The minimum absolute atomic E-state index is 0.268. The number of halogens is 1. The summed E-state index contributed by atoms with van der Waals surface area (Å²) in [6.45, 7) is 8.28. The van der Waals surface area contributed by atoms with Crippen molar-refractivity contribution >= 4 is 44.2 Å². The molecule has 0 radical (unpaired) electrons. The highest BCUT2D eigenvalue weighted by molar-refractivity contribution is 9.10. The normalized spacial score (nSPS) is 14.3. The maximum atomic E-state index is 12.3. The summed E-state index contributed by atoms with van der Waals surface area (Å²) in [5, 5.41) is 11.5. The number of amides is 2. The van der Waals surface area contributed by atoms with Gasteiger partial charge in [-0.2, -0.15) is 0 Å². The lowest BCUT2D eigenvalue weighted by atomic mass is 9.82. The predicted molar refractivity (Wildman–Crippen MR) is 131 cm³/mol. The monoisotopic (exact) mass is 515 g/mol. The molecule has 0 bridgehead atoms. The van der Waals surface area contributed by atoms with E-state index in [-0.39, 0.29) is 11.4 Å². The Bertz CT molecular complexity index is 1050. The van der Waals surface area contributed by atoms with Crippen molar-refractivity contribution in [2.75, 3.05) is 36.4 Å². The molecule has 0 unspecified atom stereocenters. The van der Waals surface area contributed by atoms with Crippen LogP contribution < -0.4 is 20.9 Å². The first kappa shape index (κ1) is 22.6. The minimum Gasteiger partial charge on any atom is -0.353 e. The van der Waals surface area contributed by atoms with Gasteiger partial charge in [-0.3, -0.25) is 10.3 Å². The smallest absolute Gasteiger partial charge is 0.321 e. The second kappa shape index (κ2) is 9.93. The summed E-state index contributed by atoms with van der Waals surface area (Å²) >= 11 is 4.88. The van der Waals surface area contributed by atoms with E-state index in [1.54, 1.807) is 12.4 Å². The predicted octanol–water partition coefficient (Wildman–Crippen LogP) is 3.75. The Morgan fingerprint density at radius 1 is 1.19 bits per heavy atom. The molecule has 1 aromatic carbocycles. The van der Waals surface area contributed by atoms with Crippen LogP contribution in [0.4, 0.5) is 15.7 Å². The van der Waals surface area contributed by atoms with Gasteiger partial charge in [0.2, 0.25) is 0 Å². The molecule has 2 amide bonds. The zero-order valence-electron chi connectivity index (χ0n) is 18.1. The van der Waals surface area contributed by atoms with Crippen molar-refractivity contribution in [3.05, 3.63) is 63.5 Å². The number of nitrogens with one attached hydrogen (secondary N) is 3. The first-order valence-electron chi connectivity index (χ1n) is 10.5. The molecule has 168 valence electrons. The number of carbonyl (C=O) groups is 1. The van der Waals surface area contributed by atoms with Gasteiger partial charge in [0.05, 0.1) is 30.3 Å². The van der Waals surface area contributed by atoms with Gasteiger partial charge in [0.1, 0.15) is 5.82 Å². The molecule has 0 saturated carbocycles. The van der Waals surface area contributed by atoms with Gasteiger partial charge in [0.25, 0.3) is 0 Å². The molecule has 1 fully saturated rings. The number of aromatic nitrogens is 3. The summed E-state index contributed by atoms with van der Waals surface area (Å²) in [6.07, 6.45) is 3.47. The lowest BCUT2D eigenvalue weighted by Crippen LogP contribution is -2.43. The second-order valence-electron chi connectivity index (χ2n) is 8.08. The van der Waals surface area contributed by atoms with E-state index in [0.29, 0.717) is 17.4 Å². The Labute approximate surface area is 200 Å². The third kappa shape index (κ3) is 5.43. The maximum Gasteiger partial charge on any atom is 0.321 e. The SMILES string of the molecule is CC(C)(c1ccc(Br)cc1)c1csc(NC(=O)NCc2cnc(N3CCNCC3)cn2)n1. The largest absolute Gasteiger partial charge is 0.353 e. The van der Waals surface area contributed by atoms with Crippen LogP contribution in [0.25, 0.3) is 0 Å². The third-order valence-corrected chi connectivity index (χ3v) is 6.78. The van der Waals surface area contributed by atoms with Crippen LogP contribution in [-0.2, 0) is 12.0 Å². The topological polar surface area (TPSA) is 95.1 Å². The molecule has 3 N–H and O–H groups in total. The van der Waals surface area contributed by atoms with E-state index in [2.05, 4.69) is 77.7 Å². The summed E-state index contributed by atoms with van der Waals surface area (Å²) in [5.74, 6) is 0.864. The Morgan fingerprint density at radius 3 is 2.62 bits per heavy atom. The van der Waals surface area contributed by atoms with Crippen LogP contribution in [0.3, 0.4) is 0 Å². The summed E-state index contributed by atoms with van der Waals surface area (Å²) in [4.78, 5) is 28.1. The molecule has 3 aromatic rings. The van der Waals surface area contributed by atoms with E-state index >= 15 is 0 Å². The van der Waals surface area contributed by atoms with Gasteiger partial charge in [-0.15, -0.1) is 11.3 Å². The molecule has 2 aromatic heterocycles. The molecule has 1 saturated heterocycles.